The standard InChI is InChI=1S/C14H16N4O2/c1-14(2,12(15)18-20)13(19)17-10-5-6-11-9(8-10)4-3-7-16-11/h3-8,20H,1-2H3,(H2,15,18)(H,17,19). The number of amidine groups is 1. The van der Waals surface area contributed by atoms with Crippen LogP contribution in [0.25, 0.3) is 10.9 Å². The zero-order valence-electron chi connectivity index (χ0n) is 11.3. The van der Waals surface area contributed by atoms with Crippen LogP contribution < -0.4 is 11.1 Å². The number of oxime groups is 1. The Labute approximate surface area is 116 Å². The fourth-order valence-corrected chi connectivity index (χ4v) is 1.68. The Morgan fingerprint density at radius 3 is 2.85 bits per heavy atom. The lowest BCUT2D eigenvalue weighted by molar-refractivity contribution is -0.121. The van der Waals surface area contributed by atoms with E-state index in [9.17, 15) is 4.79 Å². The predicted octanol–water partition coefficient (Wildman–Crippen LogP) is 1.95. The van der Waals surface area contributed by atoms with Crippen LogP contribution in [0.1, 0.15) is 13.8 Å². The minimum Gasteiger partial charge on any atom is -0.409 e. The first kappa shape index (κ1) is 13.8. The fourth-order valence-electron chi connectivity index (χ4n) is 1.68. The highest BCUT2D eigenvalue weighted by atomic mass is 16.4. The third kappa shape index (κ3) is 2.54. The van der Waals surface area contributed by atoms with Crippen LogP contribution >= 0.6 is 0 Å². The molecule has 1 amide bonds. The van der Waals surface area contributed by atoms with Gasteiger partial charge in [0.05, 0.1) is 5.52 Å². The van der Waals surface area contributed by atoms with Crippen LogP contribution in [0.4, 0.5) is 5.69 Å². The molecule has 1 aromatic heterocycles. The van der Waals surface area contributed by atoms with Gasteiger partial charge < -0.3 is 16.3 Å². The van der Waals surface area contributed by atoms with Crippen LogP contribution in [0, 0.1) is 5.41 Å². The molecule has 0 bridgehead atoms. The van der Waals surface area contributed by atoms with E-state index < -0.39 is 5.41 Å². The van der Waals surface area contributed by atoms with E-state index in [1.807, 2.05) is 24.3 Å². The summed E-state index contributed by atoms with van der Waals surface area (Å²) in [6.07, 6.45) is 1.71. The van der Waals surface area contributed by atoms with Crippen LogP contribution in [-0.4, -0.2) is 21.9 Å². The summed E-state index contributed by atoms with van der Waals surface area (Å²) in [5.41, 5.74) is 5.91. The number of fused-ring (bicyclic) bond motifs is 1. The van der Waals surface area contributed by atoms with Gasteiger partial charge in [-0.25, -0.2) is 0 Å². The zero-order chi connectivity index (χ0) is 14.8. The topological polar surface area (TPSA) is 101 Å². The van der Waals surface area contributed by atoms with Crippen LogP contribution in [0.5, 0.6) is 0 Å². The van der Waals surface area contributed by atoms with Gasteiger partial charge in [-0.05, 0) is 38.1 Å². The Hall–Kier alpha value is -2.63. The maximum Gasteiger partial charge on any atom is 0.237 e. The number of carbonyl (C=O) groups is 1. The molecule has 0 aliphatic carbocycles. The number of pyridine rings is 1. The van der Waals surface area contributed by atoms with E-state index in [4.69, 9.17) is 10.9 Å². The average Bonchev–Trinajstić information content (AvgIpc) is 2.46. The number of nitrogens with one attached hydrogen (secondary N) is 1. The van der Waals surface area contributed by atoms with Crippen molar-refractivity contribution in [2.75, 3.05) is 5.32 Å². The second kappa shape index (κ2) is 5.16. The van der Waals surface area contributed by atoms with Crippen LogP contribution in [0.2, 0.25) is 0 Å². The van der Waals surface area contributed by atoms with Gasteiger partial charge in [0.15, 0.2) is 5.84 Å². The van der Waals surface area contributed by atoms with Gasteiger partial charge in [0, 0.05) is 17.3 Å². The number of nitrogens with zero attached hydrogens (tertiary/aromatic N) is 2. The SMILES string of the molecule is CC(C)(C(=O)Nc1ccc2ncccc2c1)C(N)=NO. The van der Waals surface area contributed by atoms with Crippen molar-refractivity contribution in [1.82, 2.24) is 4.98 Å². The second-order valence-corrected chi connectivity index (χ2v) is 4.98. The van der Waals surface area contributed by atoms with Crippen molar-refractivity contribution in [3.63, 3.8) is 0 Å². The summed E-state index contributed by atoms with van der Waals surface area (Å²) in [6.45, 7) is 3.17. The molecule has 0 spiro atoms. The summed E-state index contributed by atoms with van der Waals surface area (Å²) in [7, 11) is 0. The molecule has 20 heavy (non-hydrogen) atoms. The Balaban J connectivity index is 2.26. The monoisotopic (exact) mass is 272 g/mol. The molecule has 0 radical (unpaired) electrons. The van der Waals surface area contributed by atoms with Crippen molar-refractivity contribution >= 4 is 28.3 Å². The van der Waals surface area contributed by atoms with E-state index in [2.05, 4.69) is 15.5 Å². The smallest absolute Gasteiger partial charge is 0.237 e. The van der Waals surface area contributed by atoms with Crippen LogP contribution in [0.3, 0.4) is 0 Å². The van der Waals surface area contributed by atoms with E-state index in [-0.39, 0.29) is 11.7 Å². The van der Waals surface area contributed by atoms with Crippen molar-refractivity contribution in [2.24, 2.45) is 16.3 Å². The van der Waals surface area contributed by atoms with E-state index in [1.54, 1.807) is 26.1 Å². The largest absolute Gasteiger partial charge is 0.409 e. The van der Waals surface area contributed by atoms with Gasteiger partial charge in [0.1, 0.15) is 5.41 Å². The quantitative estimate of drug-likeness (QED) is 0.344. The first-order chi connectivity index (χ1) is 9.45. The van der Waals surface area contributed by atoms with Gasteiger partial charge in [0.2, 0.25) is 5.91 Å². The molecule has 1 aromatic carbocycles. The molecule has 0 aliphatic heterocycles. The molecule has 1 heterocycles. The highest BCUT2D eigenvalue weighted by molar-refractivity contribution is 6.11. The third-order valence-corrected chi connectivity index (χ3v) is 3.18. The van der Waals surface area contributed by atoms with Crippen LogP contribution in [-0.2, 0) is 4.79 Å². The number of carbonyl (C=O) groups excluding carboxylic acids is 1. The molecule has 2 rings (SSSR count). The summed E-state index contributed by atoms with van der Waals surface area (Å²) in [4.78, 5) is 16.4. The minimum absolute atomic E-state index is 0.141. The number of amides is 1. The van der Waals surface area contributed by atoms with Crippen molar-refractivity contribution in [3.05, 3.63) is 36.5 Å². The normalized spacial score (nSPS) is 12.4. The number of benzene rings is 1. The van der Waals surface area contributed by atoms with E-state index in [0.29, 0.717) is 5.69 Å². The van der Waals surface area contributed by atoms with E-state index >= 15 is 0 Å². The second-order valence-electron chi connectivity index (χ2n) is 4.98. The fraction of sp³-hybridized carbons (Fsp3) is 0.214. The predicted molar refractivity (Wildman–Crippen MR) is 77.6 cm³/mol. The van der Waals surface area contributed by atoms with Gasteiger partial charge in [-0.1, -0.05) is 11.2 Å². The number of aromatic nitrogens is 1. The summed E-state index contributed by atoms with van der Waals surface area (Å²) >= 11 is 0. The first-order valence-electron chi connectivity index (χ1n) is 6.09. The van der Waals surface area contributed by atoms with Gasteiger partial charge in [-0.3, -0.25) is 9.78 Å². The number of anilines is 1. The number of hydrogen-bond acceptors (Lipinski definition) is 4. The summed E-state index contributed by atoms with van der Waals surface area (Å²) in [5.74, 6) is -0.492. The summed E-state index contributed by atoms with van der Waals surface area (Å²) in [6, 6.07) is 9.14. The molecular weight excluding hydrogens is 256 g/mol. The molecule has 104 valence electrons. The molecule has 0 saturated heterocycles. The van der Waals surface area contributed by atoms with Crippen LogP contribution in [0.15, 0.2) is 41.7 Å². The Kier molecular flexibility index (Phi) is 3.56. The highest BCUT2D eigenvalue weighted by Crippen LogP contribution is 2.21. The van der Waals surface area contributed by atoms with Crippen molar-refractivity contribution < 1.29 is 10.0 Å². The molecule has 0 atom stereocenters. The van der Waals surface area contributed by atoms with Crippen molar-refractivity contribution in [2.45, 2.75) is 13.8 Å². The lowest BCUT2D eigenvalue weighted by atomic mass is 9.91. The first-order valence-corrected chi connectivity index (χ1v) is 6.09. The van der Waals surface area contributed by atoms with Gasteiger partial charge in [-0.2, -0.15) is 0 Å². The molecule has 6 heteroatoms. The maximum atomic E-state index is 12.2. The van der Waals surface area contributed by atoms with E-state index in [0.717, 1.165) is 10.9 Å². The molecule has 0 saturated carbocycles. The molecule has 2 aromatic rings. The lowest BCUT2D eigenvalue weighted by Gasteiger charge is -2.21. The number of hydrogen-bond donors (Lipinski definition) is 3. The third-order valence-electron chi connectivity index (χ3n) is 3.18. The average molecular weight is 272 g/mol. The van der Waals surface area contributed by atoms with Crippen molar-refractivity contribution in [3.8, 4) is 0 Å². The molecule has 0 fully saturated rings. The summed E-state index contributed by atoms with van der Waals surface area (Å²) in [5, 5.41) is 15.3. The van der Waals surface area contributed by atoms with Crippen molar-refractivity contribution in [1.29, 1.82) is 0 Å². The molecule has 4 N–H and O–H groups in total. The minimum atomic E-state index is -1.10. The van der Waals surface area contributed by atoms with Gasteiger partial charge in [-0.15, -0.1) is 0 Å². The highest BCUT2D eigenvalue weighted by Gasteiger charge is 2.32. The van der Waals surface area contributed by atoms with Gasteiger partial charge in [0.25, 0.3) is 0 Å². The molecule has 0 aliphatic rings. The molecule has 6 nitrogen and oxygen atoms in total. The molecular formula is C14H16N4O2. The number of rotatable bonds is 3. The van der Waals surface area contributed by atoms with Gasteiger partial charge >= 0.3 is 0 Å². The Morgan fingerprint density at radius 1 is 1.40 bits per heavy atom. The molecule has 0 unspecified atom stereocenters. The Morgan fingerprint density at radius 2 is 2.15 bits per heavy atom. The summed E-state index contributed by atoms with van der Waals surface area (Å²) < 4.78 is 0. The Bertz CT molecular complexity index is 680. The lowest BCUT2D eigenvalue weighted by Crippen LogP contribution is -2.42. The number of nitrogens with two attached hydrogens (primary N) is 1. The maximum absolute atomic E-state index is 12.2. The zero-order valence-corrected chi connectivity index (χ0v) is 11.3. The van der Waals surface area contributed by atoms with E-state index in [1.165, 1.54) is 0 Å².